The number of benzene rings is 1. The zero-order valence-corrected chi connectivity index (χ0v) is 16.1. The normalized spacial score (nSPS) is 26.9. The Balaban J connectivity index is 1.76. The molecule has 6 nitrogen and oxygen atoms in total. The van der Waals surface area contributed by atoms with Gasteiger partial charge in [0.25, 0.3) is 0 Å². The fourth-order valence-electron chi connectivity index (χ4n) is 3.62. The zero-order chi connectivity index (χ0) is 18.7. The molecule has 3 saturated heterocycles. The van der Waals surface area contributed by atoms with Crippen LogP contribution in [0.2, 0.25) is 0 Å². The highest BCUT2D eigenvalue weighted by Crippen LogP contribution is 2.40. The van der Waals surface area contributed by atoms with Crippen molar-refractivity contribution in [1.82, 2.24) is 0 Å². The average molecular weight is 362 g/mol. The van der Waals surface area contributed by atoms with E-state index in [0.717, 1.165) is 22.2 Å². The van der Waals surface area contributed by atoms with Crippen LogP contribution in [0.4, 0.5) is 0 Å². The lowest BCUT2D eigenvalue weighted by Crippen LogP contribution is -2.48. The van der Waals surface area contributed by atoms with Gasteiger partial charge in [-0.3, -0.25) is 0 Å². The van der Waals surface area contributed by atoms with Gasteiger partial charge in [-0.1, -0.05) is 12.1 Å². The number of hydrogen-bond acceptors (Lipinski definition) is 6. The molecule has 26 heavy (non-hydrogen) atoms. The van der Waals surface area contributed by atoms with E-state index in [1.165, 1.54) is 0 Å². The van der Waals surface area contributed by atoms with Crippen molar-refractivity contribution in [3.8, 4) is 0 Å². The molecule has 0 unspecified atom stereocenters. The lowest BCUT2D eigenvalue weighted by atomic mass is 9.73. The molecule has 3 aliphatic rings. The van der Waals surface area contributed by atoms with E-state index in [1.807, 2.05) is 46.8 Å². The minimum absolute atomic E-state index is 0.263. The van der Waals surface area contributed by atoms with Gasteiger partial charge in [0.15, 0.2) is 6.29 Å². The molecule has 7 heteroatoms. The third-order valence-corrected chi connectivity index (χ3v) is 5.98. The first-order chi connectivity index (χ1) is 12.1. The van der Waals surface area contributed by atoms with Crippen molar-refractivity contribution < 1.29 is 28.6 Å². The largest absolute Gasteiger partial charge is 0.494 e. The van der Waals surface area contributed by atoms with Crippen LogP contribution in [0, 0.1) is 6.92 Å². The van der Waals surface area contributed by atoms with Gasteiger partial charge >= 0.3 is 7.12 Å². The maximum Gasteiger partial charge on any atom is 0.494 e. The molecule has 3 aliphatic heterocycles. The summed E-state index contributed by atoms with van der Waals surface area (Å²) in [5.74, 6) is 0. The van der Waals surface area contributed by atoms with Crippen molar-refractivity contribution >= 4 is 12.6 Å². The summed E-state index contributed by atoms with van der Waals surface area (Å²) in [5.41, 5.74) is 1.67. The highest BCUT2D eigenvalue weighted by molar-refractivity contribution is 6.62. The molecule has 4 rings (SSSR count). The van der Waals surface area contributed by atoms with E-state index in [2.05, 4.69) is 0 Å². The van der Waals surface area contributed by atoms with Crippen LogP contribution >= 0.6 is 0 Å². The van der Waals surface area contributed by atoms with E-state index in [-0.39, 0.29) is 13.2 Å². The summed E-state index contributed by atoms with van der Waals surface area (Å²) in [6.45, 7) is 11.8. The summed E-state index contributed by atoms with van der Waals surface area (Å²) in [5, 5.41) is 11.0. The topological polar surface area (TPSA) is 66.4 Å². The smallest absolute Gasteiger partial charge is 0.399 e. The quantitative estimate of drug-likeness (QED) is 0.824. The Morgan fingerprint density at radius 3 is 2.08 bits per heavy atom. The second-order valence-electron chi connectivity index (χ2n) is 8.49. The highest BCUT2D eigenvalue weighted by atomic mass is 16.7. The molecule has 3 fully saturated rings. The van der Waals surface area contributed by atoms with Crippen molar-refractivity contribution in [3.05, 3.63) is 28.8 Å². The predicted octanol–water partition coefficient (Wildman–Crippen LogP) is 1.56. The third-order valence-electron chi connectivity index (χ3n) is 5.98. The molecule has 0 atom stereocenters. The molecule has 1 aromatic rings. The molecule has 142 valence electrons. The van der Waals surface area contributed by atoms with Gasteiger partial charge in [0.2, 0.25) is 0 Å². The van der Waals surface area contributed by atoms with Gasteiger partial charge in [-0.05, 0) is 51.2 Å². The van der Waals surface area contributed by atoms with Crippen molar-refractivity contribution in [2.75, 3.05) is 26.4 Å². The van der Waals surface area contributed by atoms with E-state index < -0.39 is 30.2 Å². The Kier molecular flexibility index (Phi) is 4.26. The first-order valence-corrected chi connectivity index (χ1v) is 9.17. The summed E-state index contributed by atoms with van der Waals surface area (Å²) < 4.78 is 29.1. The van der Waals surface area contributed by atoms with Crippen LogP contribution in [-0.4, -0.2) is 49.9 Å². The maximum absolute atomic E-state index is 11.0. The first-order valence-electron chi connectivity index (χ1n) is 9.17. The minimum Gasteiger partial charge on any atom is -0.399 e. The summed E-state index contributed by atoms with van der Waals surface area (Å²) in [7, 11) is -0.485. The monoisotopic (exact) mass is 362 g/mol. The van der Waals surface area contributed by atoms with Crippen molar-refractivity contribution in [2.24, 2.45) is 0 Å². The minimum atomic E-state index is -1.03. The summed E-state index contributed by atoms with van der Waals surface area (Å²) in [6.07, 6.45) is -0.457. The van der Waals surface area contributed by atoms with E-state index in [4.69, 9.17) is 23.5 Å². The molecular formula is C19H27BO6. The fraction of sp³-hybridized carbons (Fsp3) is 0.684. The van der Waals surface area contributed by atoms with Crippen LogP contribution in [-0.2, 0) is 29.1 Å². The fourth-order valence-corrected chi connectivity index (χ4v) is 3.62. The number of ether oxygens (including phenoxy) is 3. The number of rotatable bonds is 3. The Hall–Kier alpha value is -0.955. The molecule has 0 spiro atoms. The highest BCUT2D eigenvalue weighted by Gasteiger charge is 2.52. The van der Waals surface area contributed by atoms with Crippen LogP contribution in [0.1, 0.15) is 50.7 Å². The van der Waals surface area contributed by atoms with Crippen LogP contribution < -0.4 is 5.46 Å². The van der Waals surface area contributed by atoms with Crippen LogP contribution in [0.25, 0.3) is 0 Å². The lowest BCUT2D eigenvalue weighted by Gasteiger charge is -2.39. The van der Waals surface area contributed by atoms with Crippen molar-refractivity contribution in [3.63, 3.8) is 0 Å². The zero-order valence-electron chi connectivity index (χ0n) is 16.1. The Bertz CT molecular complexity index is 690. The van der Waals surface area contributed by atoms with Gasteiger partial charge in [-0.25, -0.2) is 0 Å². The third kappa shape index (κ3) is 2.82. The standard InChI is InChI=1S/C19H27BO6/c1-12-8-13(20-25-17(2,3)18(4,5)26-20)9-14(19(21)10-22-11-19)15(12)16-23-6-7-24-16/h8-9,16,21H,6-7,10-11H2,1-5H3. The maximum atomic E-state index is 11.0. The van der Waals surface area contributed by atoms with E-state index >= 15 is 0 Å². The number of aliphatic hydroxyl groups is 1. The molecule has 1 N–H and O–H groups in total. The van der Waals surface area contributed by atoms with Crippen LogP contribution in [0.5, 0.6) is 0 Å². The predicted molar refractivity (Wildman–Crippen MR) is 96.3 cm³/mol. The van der Waals surface area contributed by atoms with E-state index in [9.17, 15) is 5.11 Å². The van der Waals surface area contributed by atoms with E-state index in [0.29, 0.717) is 13.2 Å². The molecule has 0 aromatic heterocycles. The van der Waals surface area contributed by atoms with Gasteiger partial charge in [0.05, 0.1) is 37.6 Å². The molecule has 0 radical (unpaired) electrons. The Morgan fingerprint density at radius 2 is 1.58 bits per heavy atom. The van der Waals surface area contributed by atoms with Crippen LogP contribution in [0.3, 0.4) is 0 Å². The first kappa shape index (κ1) is 18.4. The molecule has 0 aliphatic carbocycles. The Morgan fingerprint density at radius 1 is 1.00 bits per heavy atom. The Labute approximate surface area is 154 Å². The number of aryl methyl sites for hydroxylation is 1. The second-order valence-corrected chi connectivity index (χ2v) is 8.49. The summed E-state index contributed by atoms with van der Waals surface area (Å²) in [6, 6.07) is 3.99. The van der Waals surface area contributed by atoms with Crippen molar-refractivity contribution in [2.45, 2.75) is 57.7 Å². The van der Waals surface area contributed by atoms with Gasteiger partial charge < -0.3 is 28.6 Å². The lowest BCUT2D eigenvalue weighted by molar-refractivity contribution is -0.186. The van der Waals surface area contributed by atoms with Gasteiger partial charge in [0, 0.05) is 5.56 Å². The van der Waals surface area contributed by atoms with Gasteiger partial charge in [0.1, 0.15) is 5.60 Å². The summed E-state index contributed by atoms with van der Waals surface area (Å²) >= 11 is 0. The summed E-state index contributed by atoms with van der Waals surface area (Å²) in [4.78, 5) is 0. The SMILES string of the molecule is Cc1cc(B2OC(C)(C)C(C)(C)O2)cc(C2(O)COC2)c1C1OCCO1. The van der Waals surface area contributed by atoms with Crippen LogP contribution in [0.15, 0.2) is 12.1 Å². The number of hydrogen-bond donors (Lipinski definition) is 1. The molecule has 0 bridgehead atoms. The van der Waals surface area contributed by atoms with Gasteiger partial charge in [-0.15, -0.1) is 0 Å². The molecular weight excluding hydrogens is 335 g/mol. The van der Waals surface area contributed by atoms with E-state index in [1.54, 1.807) is 0 Å². The molecule has 0 saturated carbocycles. The average Bonchev–Trinajstić information content (AvgIpc) is 3.11. The second kappa shape index (κ2) is 6.02. The molecule has 1 aromatic carbocycles. The molecule has 3 heterocycles. The molecule has 0 amide bonds. The van der Waals surface area contributed by atoms with Gasteiger partial charge in [-0.2, -0.15) is 0 Å². The van der Waals surface area contributed by atoms with Crippen molar-refractivity contribution in [1.29, 1.82) is 0 Å².